The number of hydrogen-bond donors (Lipinski definition) is 0. The van der Waals surface area contributed by atoms with Gasteiger partial charge in [-0.1, -0.05) is 25.2 Å². The molecule has 5 atom stereocenters. The molecule has 0 amide bonds. The SMILES string of the molecule is C=C[C@H]1[C@H](C)CC[C@@H](c2ccoc2)N1C[C@@]1(C=C)CS[C@@](C=C)(C(=O)OC(C)(C)C)C1. The van der Waals surface area contributed by atoms with E-state index in [4.69, 9.17) is 9.15 Å². The molecule has 5 heteroatoms. The summed E-state index contributed by atoms with van der Waals surface area (Å²) >= 11 is 1.63. The van der Waals surface area contributed by atoms with Crippen molar-refractivity contribution in [1.82, 2.24) is 4.90 Å². The molecule has 1 aromatic heterocycles. The van der Waals surface area contributed by atoms with E-state index in [2.05, 4.69) is 43.7 Å². The third-order valence-corrected chi connectivity index (χ3v) is 8.38. The Hall–Kier alpha value is -1.72. The number of thioether (sulfide) groups is 1. The highest BCUT2D eigenvalue weighted by molar-refractivity contribution is 8.01. The van der Waals surface area contributed by atoms with Gasteiger partial charge in [-0.3, -0.25) is 9.69 Å². The normalized spacial score (nSPS) is 34.3. The van der Waals surface area contributed by atoms with Crippen LogP contribution in [0.15, 0.2) is 61.0 Å². The molecule has 0 saturated carbocycles. The summed E-state index contributed by atoms with van der Waals surface area (Å²) in [7, 11) is 0. The van der Waals surface area contributed by atoms with Crippen molar-refractivity contribution in [2.75, 3.05) is 12.3 Å². The largest absolute Gasteiger partial charge is 0.472 e. The average Bonchev–Trinajstić information content (AvgIpc) is 3.36. The van der Waals surface area contributed by atoms with Crippen LogP contribution in [0.5, 0.6) is 0 Å². The van der Waals surface area contributed by atoms with Crippen LogP contribution in [0.4, 0.5) is 0 Å². The van der Waals surface area contributed by atoms with Gasteiger partial charge in [0, 0.05) is 35.4 Å². The quantitative estimate of drug-likeness (QED) is 0.372. The molecule has 2 saturated heterocycles. The zero-order valence-electron chi connectivity index (χ0n) is 19.4. The summed E-state index contributed by atoms with van der Waals surface area (Å²) < 4.78 is 10.4. The molecule has 0 spiro atoms. The van der Waals surface area contributed by atoms with Gasteiger partial charge in [0.25, 0.3) is 0 Å². The predicted molar refractivity (Wildman–Crippen MR) is 129 cm³/mol. The summed E-state index contributed by atoms with van der Waals surface area (Å²) in [5, 5.41) is 0. The molecule has 3 rings (SSSR count). The first kappa shape index (κ1) is 23.9. The predicted octanol–water partition coefficient (Wildman–Crippen LogP) is 6.18. The van der Waals surface area contributed by atoms with Gasteiger partial charge in [0.15, 0.2) is 0 Å². The molecule has 2 fully saturated rings. The minimum Gasteiger partial charge on any atom is -0.472 e. The fourth-order valence-electron chi connectivity index (χ4n) is 4.97. The molecular formula is C26H37NO3S. The van der Waals surface area contributed by atoms with Gasteiger partial charge in [-0.25, -0.2) is 0 Å². The Kier molecular flexibility index (Phi) is 6.97. The van der Waals surface area contributed by atoms with Crippen LogP contribution in [0.25, 0.3) is 0 Å². The Morgan fingerprint density at radius 2 is 2.06 bits per heavy atom. The lowest BCUT2D eigenvalue weighted by Gasteiger charge is -2.47. The lowest BCUT2D eigenvalue weighted by molar-refractivity contribution is -0.157. The third kappa shape index (κ3) is 4.88. The fraction of sp³-hybridized carbons (Fsp3) is 0.577. The van der Waals surface area contributed by atoms with Gasteiger partial charge >= 0.3 is 5.97 Å². The van der Waals surface area contributed by atoms with Crippen molar-refractivity contribution in [3.8, 4) is 0 Å². The Morgan fingerprint density at radius 1 is 1.32 bits per heavy atom. The smallest absolute Gasteiger partial charge is 0.326 e. The Morgan fingerprint density at radius 3 is 2.61 bits per heavy atom. The van der Waals surface area contributed by atoms with Crippen molar-refractivity contribution in [3.05, 3.63) is 62.1 Å². The number of piperidine rings is 1. The van der Waals surface area contributed by atoms with Crippen LogP contribution < -0.4 is 0 Å². The van der Waals surface area contributed by atoms with Gasteiger partial charge < -0.3 is 9.15 Å². The summed E-state index contributed by atoms with van der Waals surface area (Å²) in [5.41, 5.74) is 0.442. The van der Waals surface area contributed by atoms with E-state index in [1.54, 1.807) is 24.1 Å². The van der Waals surface area contributed by atoms with Crippen molar-refractivity contribution in [3.63, 3.8) is 0 Å². The fourth-order valence-corrected chi connectivity index (χ4v) is 6.49. The van der Waals surface area contributed by atoms with Crippen LogP contribution in [0, 0.1) is 11.3 Å². The Labute approximate surface area is 191 Å². The van der Waals surface area contributed by atoms with E-state index in [0.29, 0.717) is 12.3 Å². The molecule has 0 N–H and O–H groups in total. The number of rotatable bonds is 7. The van der Waals surface area contributed by atoms with Crippen LogP contribution in [-0.2, 0) is 9.53 Å². The third-order valence-electron chi connectivity index (χ3n) is 6.67. The molecule has 2 aliphatic rings. The van der Waals surface area contributed by atoms with E-state index in [1.807, 2.05) is 33.1 Å². The van der Waals surface area contributed by atoms with Gasteiger partial charge in [0.05, 0.1) is 12.5 Å². The van der Waals surface area contributed by atoms with Gasteiger partial charge in [-0.2, -0.15) is 0 Å². The van der Waals surface area contributed by atoms with Gasteiger partial charge in [-0.05, 0) is 52.0 Å². The lowest BCUT2D eigenvalue weighted by atomic mass is 9.77. The summed E-state index contributed by atoms with van der Waals surface area (Å²) in [5.74, 6) is 1.11. The van der Waals surface area contributed by atoms with Crippen molar-refractivity contribution in [1.29, 1.82) is 0 Å². The van der Waals surface area contributed by atoms with E-state index in [9.17, 15) is 4.79 Å². The second-order valence-electron chi connectivity index (χ2n) is 10.2. The molecule has 0 aliphatic carbocycles. The van der Waals surface area contributed by atoms with Crippen molar-refractivity contribution < 1.29 is 13.9 Å². The molecular weight excluding hydrogens is 406 g/mol. The van der Waals surface area contributed by atoms with Crippen molar-refractivity contribution >= 4 is 17.7 Å². The Balaban J connectivity index is 1.90. The van der Waals surface area contributed by atoms with E-state index < -0.39 is 10.3 Å². The average molecular weight is 444 g/mol. The monoisotopic (exact) mass is 443 g/mol. The number of ether oxygens (including phenoxy) is 1. The zero-order valence-corrected chi connectivity index (χ0v) is 20.2. The number of furan rings is 1. The van der Waals surface area contributed by atoms with Gasteiger partial charge in [-0.15, -0.1) is 31.5 Å². The van der Waals surface area contributed by atoms with E-state index in [0.717, 1.165) is 25.1 Å². The molecule has 2 aliphatic heterocycles. The first-order valence-electron chi connectivity index (χ1n) is 11.1. The number of hydrogen-bond acceptors (Lipinski definition) is 5. The maximum Gasteiger partial charge on any atom is 0.326 e. The van der Waals surface area contributed by atoms with Gasteiger partial charge in [0.2, 0.25) is 0 Å². The summed E-state index contributed by atoms with van der Waals surface area (Å²) in [4.78, 5) is 15.7. The summed E-state index contributed by atoms with van der Waals surface area (Å²) in [6.45, 7) is 21.2. The molecule has 0 bridgehead atoms. The second kappa shape index (κ2) is 9.03. The van der Waals surface area contributed by atoms with Crippen molar-refractivity contribution in [2.24, 2.45) is 11.3 Å². The first-order valence-corrected chi connectivity index (χ1v) is 12.1. The van der Waals surface area contributed by atoms with Crippen molar-refractivity contribution in [2.45, 2.75) is 69.4 Å². The first-order chi connectivity index (χ1) is 14.6. The molecule has 0 radical (unpaired) electrons. The molecule has 0 aromatic carbocycles. The van der Waals surface area contributed by atoms with Crippen LogP contribution >= 0.6 is 11.8 Å². The minimum absolute atomic E-state index is 0.206. The van der Waals surface area contributed by atoms with Crippen LogP contribution in [0.3, 0.4) is 0 Å². The standard InChI is InChI=1S/C26H37NO3S/c1-8-21-19(4)11-12-22(20-13-14-29-15-20)27(21)17-25(9-2)16-26(10-3,31-18-25)23(28)30-24(5,6)7/h8-10,13-15,19,21-22H,1-3,11-12,16-18H2,4-7H3/t19-,21+,22+,25+,26-/m1/s1. The highest BCUT2D eigenvalue weighted by Gasteiger charge is 2.53. The van der Waals surface area contributed by atoms with Crippen LogP contribution in [-0.4, -0.2) is 39.6 Å². The molecule has 1 aromatic rings. The molecule has 0 unspecified atom stereocenters. The highest BCUT2D eigenvalue weighted by Crippen LogP contribution is 2.53. The van der Waals surface area contributed by atoms with Crippen LogP contribution in [0.2, 0.25) is 0 Å². The zero-order chi connectivity index (χ0) is 22.9. The summed E-state index contributed by atoms with van der Waals surface area (Å²) in [6.07, 6.45) is 12.3. The maximum atomic E-state index is 13.1. The molecule has 3 heterocycles. The summed E-state index contributed by atoms with van der Waals surface area (Å²) in [6, 6.07) is 2.59. The number of nitrogens with zero attached hydrogens (tertiary/aromatic N) is 1. The van der Waals surface area contributed by atoms with Gasteiger partial charge in [0.1, 0.15) is 10.3 Å². The molecule has 4 nitrogen and oxygen atoms in total. The molecule has 31 heavy (non-hydrogen) atoms. The minimum atomic E-state index is -0.752. The number of likely N-dealkylation sites (tertiary alicyclic amines) is 1. The van der Waals surface area contributed by atoms with Crippen LogP contribution in [0.1, 0.15) is 58.6 Å². The highest BCUT2D eigenvalue weighted by atomic mass is 32.2. The maximum absolute atomic E-state index is 13.1. The lowest BCUT2D eigenvalue weighted by Crippen LogP contribution is -2.50. The van der Waals surface area contributed by atoms with E-state index >= 15 is 0 Å². The molecule has 170 valence electrons. The second-order valence-corrected chi connectivity index (χ2v) is 11.5. The van der Waals surface area contributed by atoms with E-state index in [1.165, 1.54) is 5.56 Å². The number of esters is 1. The Bertz CT molecular complexity index is 811. The topological polar surface area (TPSA) is 42.7 Å². The number of carbonyl (C=O) groups excluding carboxylic acids is 1. The number of carbonyl (C=O) groups is 1. The van der Waals surface area contributed by atoms with E-state index in [-0.39, 0.29) is 23.5 Å².